The van der Waals surface area contributed by atoms with Gasteiger partial charge in [0.15, 0.2) is 0 Å². The fourth-order valence-electron chi connectivity index (χ4n) is 0.749. The zero-order chi connectivity index (χ0) is 8.85. The Kier molecular flexibility index (Phi) is 5.10. The van der Waals surface area contributed by atoms with Gasteiger partial charge in [0.2, 0.25) is 0 Å². The van der Waals surface area contributed by atoms with Gasteiger partial charge in [-0.2, -0.15) is 0 Å². The molecule has 0 amide bonds. The molecule has 0 spiro atoms. The molecule has 0 heterocycles. The van der Waals surface area contributed by atoms with Crippen LogP contribution in [0.1, 0.15) is 20.3 Å². The van der Waals surface area contributed by atoms with Crippen LogP contribution in [-0.4, -0.2) is 0 Å². The summed E-state index contributed by atoms with van der Waals surface area (Å²) in [4.78, 5) is 0. The van der Waals surface area contributed by atoms with Crippen LogP contribution in [0, 0.1) is 0 Å². The number of hydrogen-bond donors (Lipinski definition) is 1. The molecule has 2 heteroatoms. The van der Waals surface area contributed by atoms with E-state index in [-0.39, 0.29) is 0 Å². The Morgan fingerprint density at radius 3 is 2.36 bits per heavy atom. The van der Waals surface area contributed by atoms with Crippen molar-refractivity contribution in [1.82, 2.24) is 0 Å². The lowest BCUT2D eigenvalue weighted by atomic mass is 10.1. The maximum atomic E-state index is 5.53. The van der Waals surface area contributed by atoms with E-state index in [0.717, 1.165) is 22.9 Å². The molecule has 0 bridgehead atoms. The van der Waals surface area contributed by atoms with Crippen LogP contribution in [0.4, 0.5) is 0 Å². The predicted octanol–water partition coefficient (Wildman–Crippen LogP) is 2.96. The Balaban J connectivity index is 4.35. The third kappa shape index (κ3) is 3.00. The van der Waals surface area contributed by atoms with Gasteiger partial charge in [-0.3, -0.25) is 0 Å². The summed E-state index contributed by atoms with van der Waals surface area (Å²) in [5.41, 5.74) is 7.62. The molecular formula is C9H16NP. The smallest absolute Gasteiger partial charge is 0.0101 e. The highest BCUT2D eigenvalue weighted by atomic mass is 31.1. The van der Waals surface area contributed by atoms with E-state index in [9.17, 15) is 0 Å². The van der Waals surface area contributed by atoms with Crippen LogP contribution in [0.2, 0.25) is 0 Å². The van der Waals surface area contributed by atoms with E-state index in [1.807, 2.05) is 13.0 Å². The summed E-state index contributed by atoms with van der Waals surface area (Å²) in [6.45, 7) is 11.9. The van der Waals surface area contributed by atoms with Crippen LogP contribution in [-0.2, 0) is 0 Å². The largest absolute Gasteiger partial charge is 0.308 e. The van der Waals surface area contributed by atoms with Crippen LogP contribution in [0.25, 0.3) is 0 Å². The summed E-state index contributed by atoms with van der Waals surface area (Å²) < 4.78 is 0. The summed E-state index contributed by atoms with van der Waals surface area (Å²) in [7, 11) is 0.326. The first-order chi connectivity index (χ1) is 5.17. The molecule has 0 aliphatic heterocycles. The lowest BCUT2D eigenvalue weighted by molar-refractivity contribution is 1.13. The van der Waals surface area contributed by atoms with Crippen LogP contribution in [0.3, 0.4) is 0 Å². The molecule has 0 saturated carbocycles. The van der Waals surface area contributed by atoms with Crippen molar-refractivity contribution in [2.24, 2.45) is 5.50 Å². The highest BCUT2D eigenvalue weighted by Gasteiger charge is 2.01. The second kappa shape index (κ2) is 5.29. The minimum Gasteiger partial charge on any atom is -0.308 e. The average molecular weight is 169 g/mol. The first kappa shape index (κ1) is 10.6. The van der Waals surface area contributed by atoms with E-state index < -0.39 is 0 Å². The van der Waals surface area contributed by atoms with Gasteiger partial charge in [0.1, 0.15) is 0 Å². The molecule has 0 aromatic heterocycles. The summed E-state index contributed by atoms with van der Waals surface area (Å²) >= 11 is 0. The van der Waals surface area contributed by atoms with Crippen molar-refractivity contribution in [1.29, 1.82) is 0 Å². The number of nitrogens with two attached hydrogens (primary N) is 1. The zero-order valence-corrected chi connectivity index (χ0v) is 8.28. The summed E-state index contributed by atoms with van der Waals surface area (Å²) in [5.74, 6) is 0. The van der Waals surface area contributed by atoms with Crippen LogP contribution in [0.15, 0.2) is 35.7 Å². The molecule has 0 aliphatic carbocycles. The Morgan fingerprint density at radius 1 is 1.55 bits per heavy atom. The molecule has 11 heavy (non-hydrogen) atoms. The van der Waals surface area contributed by atoms with Gasteiger partial charge in [-0.1, -0.05) is 26.2 Å². The molecule has 0 rings (SSSR count). The van der Waals surface area contributed by atoms with Gasteiger partial charge in [-0.05, 0) is 38.5 Å². The fraction of sp³-hybridized carbons (Fsp3) is 0.333. The van der Waals surface area contributed by atoms with Gasteiger partial charge in [-0.25, -0.2) is 0 Å². The van der Waals surface area contributed by atoms with Crippen LogP contribution >= 0.6 is 8.73 Å². The monoisotopic (exact) mass is 169 g/mol. The minimum atomic E-state index is 0.326. The summed E-state index contributed by atoms with van der Waals surface area (Å²) in [5, 5.41) is 1.12. The van der Waals surface area contributed by atoms with Crippen molar-refractivity contribution >= 4 is 8.73 Å². The third-order valence-electron chi connectivity index (χ3n) is 1.62. The van der Waals surface area contributed by atoms with Gasteiger partial charge >= 0.3 is 0 Å². The van der Waals surface area contributed by atoms with Crippen molar-refractivity contribution in [3.8, 4) is 0 Å². The normalized spacial score (nSPS) is 12.5. The lowest BCUT2D eigenvalue weighted by Gasteiger charge is -2.08. The molecule has 1 nitrogen and oxygen atoms in total. The van der Waals surface area contributed by atoms with Crippen molar-refractivity contribution in [2.75, 3.05) is 0 Å². The first-order valence-electron chi connectivity index (χ1n) is 3.67. The quantitative estimate of drug-likeness (QED) is 0.508. The molecule has 2 N–H and O–H groups in total. The topological polar surface area (TPSA) is 26.0 Å². The Labute approximate surface area is 70.9 Å². The van der Waals surface area contributed by atoms with E-state index in [4.69, 9.17) is 5.50 Å². The van der Waals surface area contributed by atoms with Crippen molar-refractivity contribution in [2.45, 2.75) is 20.3 Å². The molecule has 0 radical (unpaired) electrons. The highest BCUT2D eigenvalue weighted by molar-refractivity contribution is 7.40. The van der Waals surface area contributed by atoms with E-state index in [1.165, 1.54) is 0 Å². The van der Waals surface area contributed by atoms with E-state index in [1.54, 1.807) is 0 Å². The van der Waals surface area contributed by atoms with Crippen LogP contribution in [0.5, 0.6) is 0 Å². The number of allylic oxidation sites excluding steroid dienone is 4. The maximum absolute atomic E-state index is 5.53. The molecular weight excluding hydrogens is 153 g/mol. The average Bonchev–Trinajstić information content (AvgIpc) is 2.05. The maximum Gasteiger partial charge on any atom is -0.0101 e. The standard InChI is InChI=1S/C9H16NP/c1-5-7(3)8(4)9(6-2)11-10/h6,11H,3-5,10H2,1-2H3/b9-6-. The molecule has 0 aromatic rings. The third-order valence-corrected chi connectivity index (χ3v) is 2.52. The number of rotatable bonds is 4. The van der Waals surface area contributed by atoms with Gasteiger partial charge in [0.05, 0.1) is 0 Å². The second-order valence-electron chi connectivity index (χ2n) is 2.28. The zero-order valence-electron chi connectivity index (χ0n) is 7.28. The number of hydrogen-bond acceptors (Lipinski definition) is 1. The van der Waals surface area contributed by atoms with Gasteiger partial charge in [-0.15, -0.1) is 0 Å². The highest BCUT2D eigenvalue weighted by Crippen LogP contribution is 2.28. The van der Waals surface area contributed by atoms with Crippen LogP contribution < -0.4 is 5.50 Å². The Hall–Kier alpha value is -0.390. The molecule has 62 valence electrons. The van der Waals surface area contributed by atoms with Crippen molar-refractivity contribution < 1.29 is 0 Å². The SMILES string of the molecule is C=C(CC)C(=C)/C(=C/C)PN. The summed E-state index contributed by atoms with van der Waals surface area (Å²) in [6, 6.07) is 0. The molecule has 0 aromatic carbocycles. The molecule has 0 aliphatic rings. The predicted molar refractivity (Wildman–Crippen MR) is 54.8 cm³/mol. The molecule has 0 saturated heterocycles. The van der Waals surface area contributed by atoms with Gasteiger partial charge < -0.3 is 5.50 Å². The summed E-state index contributed by atoms with van der Waals surface area (Å²) in [6.07, 6.45) is 2.95. The van der Waals surface area contributed by atoms with Crippen molar-refractivity contribution in [3.63, 3.8) is 0 Å². The van der Waals surface area contributed by atoms with Gasteiger partial charge in [0.25, 0.3) is 0 Å². The molecule has 1 unspecified atom stereocenters. The van der Waals surface area contributed by atoms with Crippen molar-refractivity contribution in [3.05, 3.63) is 35.7 Å². The fourth-order valence-corrected chi connectivity index (χ4v) is 1.27. The van der Waals surface area contributed by atoms with E-state index >= 15 is 0 Å². The van der Waals surface area contributed by atoms with E-state index in [2.05, 4.69) is 20.1 Å². The Morgan fingerprint density at radius 2 is 2.09 bits per heavy atom. The molecule has 0 fully saturated rings. The minimum absolute atomic E-state index is 0.326. The lowest BCUT2D eigenvalue weighted by Crippen LogP contribution is -1.88. The molecule has 1 atom stereocenters. The first-order valence-corrected chi connectivity index (χ1v) is 4.75. The Bertz CT molecular complexity index is 192. The second-order valence-corrected chi connectivity index (χ2v) is 3.11. The van der Waals surface area contributed by atoms with E-state index in [0.29, 0.717) is 8.73 Å². The van der Waals surface area contributed by atoms with Gasteiger partial charge in [0, 0.05) is 0 Å².